The van der Waals surface area contributed by atoms with Crippen LogP contribution >= 0.6 is 0 Å². The highest BCUT2D eigenvalue weighted by Gasteiger charge is 2.19. The minimum absolute atomic E-state index is 0.564. The number of aromatic nitrogens is 2. The van der Waals surface area contributed by atoms with E-state index in [9.17, 15) is 0 Å². The van der Waals surface area contributed by atoms with Gasteiger partial charge in [0.05, 0.1) is 17.6 Å². The number of hydrogen-bond acceptors (Lipinski definition) is 3. The Morgan fingerprint density at radius 2 is 2.41 bits per heavy atom. The number of benzene rings is 1. The number of anilines is 1. The lowest BCUT2D eigenvalue weighted by molar-refractivity contribution is 0.183. The highest BCUT2D eigenvalue weighted by atomic mass is 16.5. The van der Waals surface area contributed by atoms with Crippen molar-refractivity contribution in [2.45, 2.75) is 19.9 Å². The van der Waals surface area contributed by atoms with Gasteiger partial charge >= 0.3 is 0 Å². The van der Waals surface area contributed by atoms with Crippen LogP contribution in [0.5, 0.6) is 0 Å². The number of hydrogen-bond donors (Lipinski definition) is 1. The van der Waals surface area contributed by atoms with Crippen molar-refractivity contribution in [1.82, 2.24) is 9.55 Å². The molecule has 1 unspecified atom stereocenters. The van der Waals surface area contributed by atoms with Crippen LogP contribution in [0.3, 0.4) is 0 Å². The smallest absolute Gasteiger partial charge is 0.201 e. The van der Waals surface area contributed by atoms with E-state index in [0.29, 0.717) is 11.9 Å². The maximum absolute atomic E-state index is 6.01. The molecule has 1 aliphatic rings. The Hall–Kier alpha value is -1.55. The summed E-state index contributed by atoms with van der Waals surface area (Å²) in [6, 6.07) is 6.14. The lowest BCUT2D eigenvalue weighted by Gasteiger charge is -2.12. The summed E-state index contributed by atoms with van der Waals surface area (Å²) in [5.41, 5.74) is 9.39. The van der Waals surface area contributed by atoms with Gasteiger partial charge in [0, 0.05) is 19.1 Å². The Labute approximate surface area is 100 Å². The van der Waals surface area contributed by atoms with E-state index >= 15 is 0 Å². The molecule has 90 valence electrons. The van der Waals surface area contributed by atoms with Gasteiger partial charge in [-0.3, -0.25) is 0 Å². The second kappa shape index (κ2) is 4.04. The van der Waals surface area contributed by atoms with Crippen molar-refractivity contribution in [3.8, 4) is 0 Å². The number of nitrogens with zero attached hydrogens (tertiary/aromatic N) is 2. The second-order valence-corrected chi connectivity index (χ2v) is 4.75. The highest BCUT2D eigenvalue weighted by molar-refractivity contribution is 5.81. The summed E-state index contributed by atoms with van der Waals surface area (Å²) < 4.78 is 7.54. The van der Waals surface area contributed by atoms with Gasteiger partial charge in [-0.15, -0.1) is 0 Å². The summed E-state index contributed by atoms with van der Waals surface area (Å²) in [4.78, 5) is 4.42. The molecule has 0 spiro atoms. The van der Waals surface area contributed by atoms with E-state index in [1.807, 2.05) is 12.1 Å². The fraction of sp³-hybridized carbons (Fsp3) is 0.462. The molecule has 4 heteroatoms. The molecule has 1 fully saturated rings. The fourth-order valence-electron chi connectivity index (χ4n) is 2.55. The van der Waals surface area contributed by atoms with E-state index in [1.54, 1.807) is 0 Å². The third-order valence-corrected chi connectivity index (χ3v) is 3.46. The molecular weight excluding hydrogens is 214 g/mol. The minimum Gasteiger partial charge on any atom is -0.381 e. The van der Waals surface area contributed by atoms with E-state index in [0.717, 1.165) is 37.2 Å². The zero-order valence-electron chi connectivity index (χ0n) is 10.0. The zero-order chi connectivity index (χ0) is 11.8. The van der Waals surface area contributed by atoms with Gasteiger partial charge in [-0.1, -0.05) is 12.1 Å². The Balaban J connectivity index is 2.04. The van der Waals surface area contributed by atoms with Crippen LogP contribution in [-0.2, 0) is 11.3 Å². The normalized spacial score (nSPS) is 20.2. The first-order valence-corrected chi connectivity index (χ1v) is 6.05. The molecule has 2 aromatic rings. The molecule has 0 radical (unpaired) electrons. The Kier molecular flexibility index (Phi) is 2.52. The molecule has 0 bridgehead atoms. The van der Waals surface area contributed by atoms with Gasteiger partial charge in [-0.05, 0) is 25.0 Å². The first-order chi connectivity index (χ1) is 8.25. The average molecular weight is 231 g/mol. The average Bonchev–Trinajstić information content (AvgIpc) is 2.89. The third kappa shape index (κ3) is 1.78. The number of para-hydroxylation sites is 1. The number of aryl methyl sites for hydroxylation is 1. The standard InChI is InChI=1S/C13H17N3O/c1-9-3-2-4-11-12(9)16(13(14)15-11)7-10-5-6-17-8-10/h2-4,10H,5-8H2,1H3,(H2,14,15). The van der Waals surface area contributed by atoms with Gasteiger partial charge in [0.15, 0.2) is 0 Å². The minimum atomic E-state index is 0.564. The summed E-state index contributed by atoms with van der Waals surface area (Å²) in [7, 11) is 0. The third-order valence-electron chi connectivity index (χ3n) is 3.46. The summed E-state index contributed by atoms with van der Waals surface area (Å²) in [6.07, 6.45) is 1.12. The van der Waals surface area contributed by atoms with Gasteiger partial charge in [0.1, 0.15) is 0 Å². The van der Waals surface area contributed by atoms with Crippen molar-refractivity contribution in [1.29, 1.82) is 0 Å². The summed E-state index contributed by atoms with van der Waals surface area (Å²) in [6.45, 7) is 4.72. The SMILES string of the molecule is Cc1cccc2nc(N)n(CC3CCOC3)c12. The Bertz CT molecular complexity index is 541. The van der Waals surface area contributed by atoms with Gasteiger partial charge in [0.2, 0.25) is 5.95 Å². The van der Waals surface area contributed by atoms with Crippen molar-refractivity contribution in [2.24, 2.45) is 5.92 Å². The van der Waals surface area contributed by atoms with E-state index in [4.69, 9.17) is 10.5 Å². The first kappa shape index (κ1) is 10.6. The first-order valence-electron chi connectivity index (χ1n) is 6.05. The Morgan fingerprint density at radius 3 is 3.18 bits per heavy atom. The van der Waals surface area contributed by atoms with Crippen molar-refractivity contribution >= 4 is 17.0 Å². The van der Waals surface area contributed by atoms with E-state index in [1.165, 1.54) is 5.56 Å². The second-order valence-electron chi connectivity index (χ2n) is 4.75. The Morgan fingerprint density at radius 1 is 1.53 bits per heavy atom. The predicted octanol–water partition coefficient (Wildman–Crippen LogP) is 1.96. The lowest BCUT2D eigenvalue weighted by Crippen LogP contribution is -2.13. The van der Waals surface area contributed by atoms with Gasteiger partial charge in [0.25, 0.3) is 0 Å². The van der Waals surface area contributed by atoms with Crippen LogP contribution in [0.25, 0.3) is 11.0 Å². The molecule has 1 atom stereocenters. The van der Waals surface area contributed by atoms with Gasteiger partial charge < -0.3 is 15.0 Å². The van der Waals surface area contributed by atoms with Crippen LogP contribution in [0, 0.1) is 12.8 Å². The van der Waals surface area contributed by atoms with E-state index < -0.39 is 0 Å². The monoisotopic (exact) mass is 231 g/mol. The van der Waals surface area contributed by atoms with E-state index in [-0.39, 0.29) is 0 Å². The van der Waals surface area contributed by atoms with Gasteiger partial charge in [-0.2, -0.15) is 0 Å². The number of nitrogen functional groups attached to an aromatic ring is 1. The molecule has 4 nitrogen and oxygen atoms in total. The zero-order valence-corrected chi connectivity index (χ0v) is 10.0. The van der Waals surface area contributed by atoms with Crippen molar-refractivity contribution in [3.63, 3.8) is 0 Å². The molecule has 0 aliphatic carbocycles. The van der Waals surface area contributed by atoms with Crippen molar-refractivity contribution < 1.29 is 4.74 Å². The molecule has 17 heavy (non-hydrogen) atoms. The molecule has 1 aromatic heterocycles. The molecule has 1 aliphatic heterocycles. The maximum atomic E-state index is 6.01. The fourth-order valence-corrected chi connectivity index (χ4v) is 2.55. The molecular formula is C13H17N3O. The summed E-state index contributed by atoms with van der Waals surface area (Å²) >= 11 is 0. The number of imidazole rings is 1. The summed E-state index contributed by atoms with van der Waals surface area (Å²) in [5, 5.41) is 0. The van der Waals surface area contributed by atoms with Crippen LogP contribution in [0.2, 0.25) is 0 Å². The number of rotatable bonds is 2. The largest absolute Gasteiger partial charge is 0.381 e. The molecule has 2 N–H and O–H groups in total. The van der Waals surface area contributed by atoms with Crippen LogP contribution in [-0.4, -0.2) is 22.8 Å². The number of fused-ring (bicyclic) bond motifs is 1. The van der Waals surface area contributed by atoms with Crippen LogP contribution < -0.4 is 5.73 Å². The van der Waals surface area contributed by atoms with Crippen LogP contribution in [0.15, 0.2) is 18.2 Å². The number of ether oxygens (including phenoxy) is 1. The highest BCUT2D eigenvalue weighted by Crippen LogP contribution is 2.24. The summed E-state index contributed by atoms with van der Waals surface area (Å²) in [5.74, 6) is 1.18. The molecule has 1 aromatic carbocycles. The molecule has 1 saturated heterocycles. The van der Waals surface area contributed by atoms with Crippen molar-refractivity contribution in [3.05, 3.63) is 23.8 Å². The molecule has 0 saturated carbocycles. The molecule has 2 heterocycles. The number of nitrogens with two attached hydrogens (primary N) is 1. The van der Waals surface area contributed by atoms with Crippen LogP contribution in [0.1, 0.15) is 12.0 Å². The van der Waals surface area contributed by atoms with E-state index in [2.05, 4.69) is 22.5 Å². The molecule has 0 amide bonds. The topological polar surface area (TPSA) is 53.1 Å². The van der Waals surface area contributed by atoms with Crippen molar-refractivity contribution in [2.75, 3.05) is 18.9 Å². The lowest BCUT2D eigenvalue weighted by atomic mass is 10.1. The quantitative estimate of drug-likeness (QED) is 0.859. The molecule has 3 rings (SSSR count). The predicted molar refractivity (Wildman–Crippen MR) is 67.8 cm³/mol. The maximum Gasteiger partial charge on any atom is 0.201 e. The van der Waals surface area contributed by atoms with Gasteiger partial charge in [-0.25, -0.2) is 4.98 Å². The van der Waals surface area contributed by atoms with Crippen LogP contribution in [0.4, 0.5) is 5.95 Å².